The highest BCUT2D eigenvalue weighted by Gasteiger charge is 2.06. The first-order chi connectivity index (χ1) is 8.27. The van der Waals surface area contributed by atoms with Crippen molar-refractivity contribution in [3.05, 3.63) is 64.9 Å². The van der Waals surface area contributed by atoms with Gasteiger partial charge in [0.15, 0.2) is 0 Å². The molecule has 0 spiro atoms. The van der Waals surface area contributed by atoms with Gasteiger partial charge < -0.3 is 5.32 Å². The summed E-state index contributed by atoms with van der Waals surface area (Å²) >= 11 is 6.10. The van der Waals surface area contributed by atoms with Crippen LogP contribution in [0.15, 0.2) is 48.7 Å². The molecular formula is C14H15ClN2. The Kier molecular flexibility index (Phi) is 4.13. The van der Waals surface area contributed by atoms with Crippen molar-refractivity contribution in [2.45, 2.75) is 19.5 Å². The van der Waals surface area contributed by atoms with Gasteiger partial charge in [-0.1, -0.05) is 35.9 Å². The lowest BCUT2D eigenvalue weighted by atomic mass is 10.2. The van der Waals surface area contributed by atoms with Crippen LogP contribution < -0.4 is 5.32 Å². The first kappa shape index (κ1) is 12.1. The number of nitrogens with zero attached hydrogens (tertiary/aromatic N) is 1. The fraction of sp³-hybridized carbons (Fsp3) is 0.214. The summed E-state index contributed by atoms with van der Waals surface area (Å²) in [6, 6.07) is 14.0. The molecule has 0 amide bonds. The van der Waals surface area contributed by atoms with E-state index in [-0.39, 0.29) is 6.04 Å². The normalized spacial score (nSPS) is 12.4. The Morgan fingerprint density at radius 1 is 1.18 bits per heavy atom. The third kappa shape index (κ3) is 3.29. The van der Waals surface area contributed by atoms with Gasteiger partial charge in [-0.05, 0) is 30.7 Å². The molecule has 0 aliphatic rings. The van der Waals surface area contributed by atoms with Gasteiger partial charge in [-0.15, -0.1) is 0 Å². The van der Waals surface area contributed by atoms with E-state index in [1.807, 2.05) is 48.7 Å². The zero-order chi connectivity index (χ0) is 12.1. The summed E-state index contributed by atoms with van der Waals surface area (Å²) in [5.74, 6) is 0. The second-order valence-corrected chi connectivity index (χ2v) is 4.36. The van der Waals surface area contributed by atoms with Gasteiger partial charge in [0.1, 0.15) is 0 Å². The fourth-order valence-electron chi connectivity index (χ4n) is 1.64. The highest BCUT2D eigenvalue weighted by Crippen LogP contribution is 2.16. The number of rotatable bonds is 4. The molecule has 1 atom stereocenters. The van der Waals surface area contributed by atoms with E-state index in [1.54, 1.807) is 0 Å². The van der Waals surface area contributed by atoms with E-state index in [4.69, 9.17) is 11.6 Å². The Bertz CT molecular complexity index is 471. The maximum absolute atomic E-state index is 6.10. The van der Waals surface area contributed by atoms with Crippen molar-refractivity contribution in [1.29, 1.82) is 0 Å². The van der Waals surface area contributed by atoms with Crippen molar-refractivity contribution >= 4 is 11.6 Å². The van der Waals surface area contributed by atoms with Crippen molar-refractivity contribution in [1.82, 2.24) is 10.3 Å². The molecule has 0 saturated heterocycles. The van der Waals surface area contributed by atoms with Gasteiger partial charge in [0.25, 0.3) is 0 Å². The zero-order valence-electron chi connectivity index (χ0n) is 9.73. The van der Waals surface area contributed by atoms with Crippen LogP contribution in [0, 0.1) is 0 Å². The molecule has 3 heteroatoms. The standard InChI is InChI=1S/C14H15ClN2/c1-11(14-8-4-5-9-16-14)17-10-12-6-2-3-7-13(12)15/h2-9,11,17H,10H2,1H3. The van der Waals surface area contributed by atoms with Crippen molar-refractivity contribution < 1.29 is 0 Å². The summed E-state index contributed by atoms with van der Waals surface area (Å²) in [6.45, 7) is 2.84. The van der Waals surface area contributed by atoms with Gasteiger partial charge in [-0.2, -0.15) is 0 Å². The summed E-state index contributed by atoms with van der Waals surface area (Å²) in [5.41, 5.74) is 2.15. The lowest BCUT2D eigenvalue weighted by molar-refractivity contribution is 0.561. The van der Waals surface area contributed by atoms with Gasteiger partial charge in [0, 0.05) is 23.8 Å². The third-order valence-corrected chi connectivity index (χ3v) is 3.06. The molecule has 0 bridgehead atoms. The second kappa shape index (κ2) is 5.80. The number of hydrogen-bond acceptors (Lipinski definition) is 2. The van der Waals surface area contributed by atoms with Crippen LogP contribution in [0.2, 0.25) is 5.02 Å². The molecule has 1 aromatic carbocycles. The summed E-state index contributed by atoms with van der Waals surface area (Å²) in [6.07, 6.45) is 1.81. The van der Waals surface area contributed by atoms with Crippen LogP contribution in [0.25, 0.3) is 0 Å². The summed E-state index contributed by atoms with van der Waals surface area (Å²) in [7, 11) is 0. The predicted molar refractivity (Wildman–Crippen MR) is 70.9 cm³/mol. The first-order valence-corrected chi connectivity index (χ1v) is 6.03. The molecule has 1 N–H and O–H groups in total. The van der Waals surface area contributed by atoms with Crippen LogP contribution >= 0.6 is 11.6 Å². The molecule has 2 rings (SSSR count). The maximum atomic E-state index is 6.10. The third-order valence-electron chi connectivity index (χ3n) is 2.69. The smallest absolute Gasteiger partial charge is 0.0570 e. The van der Waals surface area contributed by atoms with Gasteiger partial charge in [-0.25, -0.2) is 0 Å². The Hall–Kier alpha value is -1.38. The van der Waals surface area contributed by atoms with Gasteiger partial charge >= 0.3 is 0 Å². The molecule has 17 heavy (non-hydrogen) atoms. The van der Waals surface area contributed by atoms with Crippen molar-refractivity contribution in [3.8, 4) is 0 Å². The molecule has 1 unspecified atom stereocenters. The van der Waals surface area contributed by atoms with E-state index < -0.39 is 0 Å². The minimum absolute atomic E-state index is 0.215. The molecule has 1 aromatic heterocycles. The fourth-order valence-corrected chi connectivity index (χ4v) is 1.84. The topological polar surface area (TPSA) is 24.9 Å². The average molecular weight is 247 g/mol. The summed E-state index contributed by atoms with van der Waals surface area (Å²) < 4.78 is 0. The molecule has 0 saturated carbocycles. The lowest BCUT2D eigenvalue weighted by Crippen LogP contribution is -2.19. The monoisotopic (exact) mass is 246 g/mol. The molecule has 1 heterocycles. The number of halogens is 1. The molecular weight excluding hydrogens is 232 g/mol. The molecule has 2 aromatic rings. The van der Waals surface area contributed by atoms with Crippen molar-refractivity contribution in [3.63, 3.8) is 0 Å². The highest BCUT2D eigenvalue weighted by atomic mass is 35.5. The quantitative estimate of drug-likeness (QED) is 0.892. The molecule has 0 radical (unpaired) electrons. The Morgan fingerprint density at radius 3 is 2.65 bits per heavy atom. The Morgan fingerprint density at radius 2 is 1.94 bits per heavy atom. The molecule has 2 nitrogen and oxygen atoms in total. The van der Waals surface area contributed by atoms with E-state index in [0.29, 0.717) is 0 Å². The maximum Gasteiger partial charge on any atom is 0.0570 e. The summed E-state index contributed by atoms with van der Waals surface area (Å²) in [4.78, 5) is 4.32. The highest BCUT2D eigenvalue weighted by molar-refractivity contribution is 6.31. The summed E-state index contributed by atoms with van der Waals surface area (Å²) in [5, 5.41) is 4.21. The first-order valence-electron chi connectivity index (χ1n) is 5.65. The molecule has 0 aliphatic carbocycles. The van der Waals surface area contributed by atoms with E-state index in [2.05, 4.69) is 17.2 Å². The van der Waals surface area contributed by atoms with E-state index in [9.17, 15) is 0 Å². The van der Waals surface area contributed by atoms with Crippen LogP contribution in [-0.2, 0) is 6.54 Å². The minimum atomic E-state index is 0.215. The van der Waals surface area contributed by atoms with Crippen LogP contribution in [0.5, 0.6) is 0 Å². The lowest BCUT2D eigenvalue weighted by Gasteiger charge is -2.13. The van der Waals surface area contributed by atoms with Crippen LogP contribution in [0.3, 0.4) is 0 Å². The minimum Gasteiger partial charge on any atom is -0.305 e. The van der Waals surface area contributed by atoms with Crippen LogP contribution in [-0.4, -0.2) is 4.98 Å². The average Bonchev–Trinajstić information content (AvgIpc) is 2.38. The van der Waals surface area contributed by atoms with E-state index in [0.717, 1.165) is 22.8 Å². The molecule has 0 fully saturated rings. The largest absolute Gasteiger partial charge is 0.305 e. The Labute approximate surface area is 107 Å². The second-order valence-electron chi connectivity index (χ2n) is 3.95. The van der Waals surface area contributed by atoms with Gasteiger partial charge in [0.05, 0.1) is 5.69 Å². The zero-order valence-corrected chi connectivity index (χ0v) is 10.5. The SMILES string of the molecule is CC(NCc1ccccc1Cl)c1ccccn1. The molecule has 88 valence electrons. The number of nitrogens with one attached hydrogen (secondary N) is 1. The Balaban J connectivity index is 1.97. The van der Waals surface area contributed by atoms with Gasteiger partial charge in [-0.3, -0.25) is 4.98 Å². The van der Waals surface area contributed by atoms with E-state index >= 15 is 0 Å². The predicted octanol–water partition coefficient (Wildman–Crippen LogP) is 3.59. The number of pyridine rings is 1. The van der Waals surface area contributed by atoms with Crippen molar-refractivity contribution in [2.75, 3.05) is 0 Å². The molecule has 0 aliphatic heterocycles. The van der Waals surface area contributed by atoms with Gasteiger partial charge in [0.2, 0.25) is 0 Å². The number of aromatic nitrogens is 1. The van der Waals surface area contributed by atoms with Crippen LogP contribution in [0.4, 0.5) is 0 Å². The number of benzene rings is 1. The van der Waals surface area contributed by atoms with E-state index in [1.165, 1.54) is 0 Å². The van der Waals surface area contributed by atoms with Crippen molar-refractivity contribution in [2.24, 2.45) is 0 Å². The number of hydrogen-bond donors (Lipinski definition) is 1. The van der Waals surface area contributed by atoms with Crippen LogP contribution in [0.1, 0.15) is 24.2 Å².